The van der Waals surface area contributed by atoms with E-state index >= 15 is 0 Å². The molecule has 0 aromatic rings. The first-order valence-corrected chi connectivity index (χ1v) is 4.21. The third-order valence-electron chi connectivity index (χ3n) is 1.63. The predicted octanol–water partition coefficient (Wildman–Crippen LogP) is 2.47. The van der Waals surface area contributed by atoms with Crippen molar-refractivity contribution >= 4 is 0 Å². The first kappa shape index (κ1) is 9.70. The summed E-state index contributed by atoms with van der Waals surface area (Å²) in [6, 6.07) is 0.404. The van der Waals surface area contributed by atoms with Gasteiger partial charge in [0.25, 0.3) is 0 Å². The zero-order valence-electron chi connectivity index (χ0n) is 7.14. The van der Waals surface area contributed by atoms with Gasteiger partial charge in [-0.2, -0.15) is 0 Å². The van der Waals surface area contributed by atoms with Crippen molar-refractivity contribution in [2.75, 3.05) is 0 Å². The van der Waals surface area contributed by atoms with Gasteiger partial charge in [-0.15, -0.1) is 0 Å². The van der Waals surface area contributed by atoms with Gasteiger partial charge in [-0.25, -0.2) is 0 Å². The zero-order chi connectivity index (χ0) is 7.82. The molecule has 60 valence electrons. The van der Waals surface area contributed by atoms with Crippen LogP contribution in [0.25, 0.3) is 0 Å². The van der Waals surface area contributed by atoms with Crippen LogP contribution in [0.5, 0.6) is 0 Å². The molecule has 0 bridgehead atoms. The van der Waals surface area contributed by atoms with Gasteiger partial charge in [0, 0.05) is 6.04 Å². The molecule has 0 aromatic carbocycles. The van der Waals surface area contributed by atoms with Gasteiger partial charge in [0.2, 0.25) is 0 Å². The molecule has 0 saturated heterocycles. The predicted molar refractivity (Wildman–Crippen MR) is 46.9 cm³/mol. The fourth-order valence-electron chi connectivity index (χ4n) is 0.799. The SMILES string of the molecule is CC/C=C/CCC(N)CC. The van der Waals surface area contributed by atoms with E-state index in [4.69, 9.17) is 5.73 Å². The zero-order valence-corrected chi connectivity index (χ0v) is 7.14. The van der Waals surface area contributed by atoms with E-state index in [1.165, 1.54) is 0 Å². The van der Waals surface area contributed by atoms with Crippen molar-refractivity contribution in [3.8, 4) is 0 Å². The molecule has 0 saturated carbocycles. The highest BCUT2D eigenvalue weighted by molar-refractivity contribution is 4.81. The molecule has 1 unspecified atom stereocenters. The Labute approximate surface area is 64.3 Å². The topological polar surface area (TPSA) is 26.0 Å². The van der Waals surface area contributed by atoms with Gasteiger partial charge in [-0.1, -0.05) is 26.0 Å². The second-order valence-electron chi connectivity index (χ2n) is 2.63. The molecule has 1 nitrogen and oxygen atoms in total. The van der Waals surface area contributed by atoms with Crippen LogP contribution in [0.3, 0.4) is 0 Å². The molecule has 0 fully saturated rings. The molecule has 0 heterocycles. The van der Waals surface area contributed by atoms with E-state index in [9.17, 15) is 0 Å². The molecule has 0 aromatic heterocycles. The summed E-state index contributed by atoms with van der Waals surface area (Å²) in [5.74, 6) is 0. The van der Waals surface area contributed by atoms with Crippen LogP contribution in [-0.4, -0.2) is 6.04 Å². The Morgan fingerprint density at radius 2 is 2.00 bits per heavy atom. The second-order valence-corrected chi connectivity index (χ2v) is 2.63. The van der Waals surface area contributed by atoms with E-state index in [-0.39, 0.29) is 0 Å². The fourth-order valence-corrected chi connectivity index (χ4v) is 0.799. The Morgan fingerprint density at radius 3 is 2.50 bits per heavy atom. The molecule has 0 radical (unpaired) electrons. The molecule has 1 atom stereocenters. The monoisotopic (exact) mass is 141 g/mol. The molecule has 1 heteroatoms. The van der Waals surface area contributed by atoms with Crippen LogP contribution in [-0.2, 0) is 0 Å². The molecule has 0 aliphatic carbocycles. The molecule has 2 N–H and O–H groups in total. The molecule has 0 spiro atoms. The van der Waals surface area contributed by atoms with Crippen molar-refractivity contribution in [2.45, 2.75) is 45.6 Å². The van der Waals surface area contributed by atoms with Crippen LogP contribution in [0, 0.1) is 0 Å². The minimum absolute atomic E-state index is 0.404. The van der Waals surface area contributed by atoms with Gasteiger partial charge in [0.05, 0.1) is 0 Å². The Kier molecular flexibility index (Phi) is 6.61. The third kappa shape index (κ3) is 5.83. The summed E-state index contributed by atoms with van der Waals surface area (Å²) >= 11 is 0. The number of rotatable bonds is 5. The average molecular weight is 141 g/mol. The fraction of sp³-hybridized carbons (Fsp3) is 0.778. The molecule has 10 heavy (non-hydrogen) atoms. The lowest BCUT2D eigenvalue weighted by molar-refractivity contribution is 0.602. The van der Waals surface area contributed by atoms with Crippen molar-refractivity contribution < 1.29 is 0 Å². The maximum atomic E-state index is 5.72. The van der Waals surface area contributed by atoms with Gasteiger partial charge in [-0.05, 0) is 25.7 Å². The largest absolute Gasteiger partial charge is 0.328 e. The van der Waals surface area contributed by atoms with E-state index in [2.05, 4.69) is 26.0 Å². The summed E-state index contributed by atoms with van der Waals surface area (Å²) < 4.78 is 0. The van der Waals surface area contributed by atoms with Gasteiger partial charge < -0.3 is 5.73 Å². The smallest absolute Gasteiger partial charge is 0.00391 e. The second kappa shape index (κ2) is 6.81. The molecule has 0 aliphatic rings. The first-order chi connectivity index (χ1) is 4.81. The van der Waals surface area contributed by atoms with Gasteiger partial charge in [0.1, 0.15) is 0 Å². The van der Waals surface area contributed by atoms with Crippen LogP contribution in [0.4, 0.5) is 0 Å². The molecule has 0 amide bonds. The standard InChI is InChI=1S/C9H19N/c1-3-5-6-7-8-9(10)4-2/h5-6,9H,3-4,7-8,10H2,1-2H3/b6-5+. The van der Waals surface area contributed by atoms with Gasteiger partial charge in [0.15, 0.2) is 0 Å². The Balaban J connectivity index is 3.10. The summed E-state index contributed by atoms with van der Waals surface area (Å²) in [4.78, 5) is 0. The molecular weight excluding hydrogens is 122 g/mol. The molecular formula is C9H19N. The van der Waals surface area contributed by atoms with E-state index in [1.54, 1.807) is 0 Å². The summed E-state index contributed by atoms with van der Waals surface area (Å²) in [7, 11) is 0. The van der Waals surface area contributed by atoms with E-state index in [0.29, 0.717) is 6.04 Å². The maximum absolute atomic E-state index is 5.72. The highest BCUT2D eigenvalue weighted by Gasteiger charge is 1.94. The number of hydrogen-bond donors (Lipinski definition) is 1. The van der Waals surface area contributed by atoms with Crippen LogP contribution in [0.15, 0.2) is 12.2 Å². The number of nitrogens with two attached hydrogens (primary N) is 1. The van der Waals surface area contributed by atoms with Gasteiger partial charge >= 0.3 is 0 Å². The number of allylic oxidation sites excluding steroid dienone is 2. The Morgan fingerprint density at radius 1 is 1.30 bits per heavy atom. The van der Waals surface area contributed by atoms with Crippen molar-refractivity contribution in [1.82, 2.24) is 0 Å². The van der Waals surface area contributed by atoms with Crippen LogP contribution >= 0.6 is 0 Å². The number of hydrogen-bond acceptors (Lipinski definition) is 1. The van der Waals surface area contributed by atoms with Crippen LogP contribution < -0.4 is 5.73 Å². The summed E-state index contributed by atoms with van der Waals surface area (Å²) in [5.41, 5.74) is 5.72. The minimum atomic E-state index is 0.404. The normalized spacial score (nSPS) is 14.3. The molecule has 0 aliphatic heterocycles. The average Bonchev–Trinajstić information content (AvgIpc) is 1.98. The highest BCUT2D eigenvalue weighted by Crippen LogP contribution is 1.99. The lowest BCUT2D eigenvalue weighted by Gasteiger charge is -2.04. The lowest BCUT2D eigenvalue weighted by Crippen LogP contribution is -2.17. The lowest BCUT2D eigenvalue weighted by atomic mass is 10.1. The van der Waals surface area contributed by atoms with E-state index in [1.807, 2.05) is 0 Å². The first-order valence-electron chi connectivity index (χ1n) is 4.21. The van der Waals surface area contributed by atoms with Crippen LogP contribution in [0.2, 0.25) is 0 Å². The molecule has 0 rings (SSSR count). The van der Waals surface area contributed by atoms with Crippen molar-refractivity contribution in [2.24, 2.45) is 5.73 Å². The summed E-state index contributed by atoms with van der Waals surface area (Å²) in [6.07, 6.45) is 8.93. The van der Waals surface area contributed by atoms with Gasteiger partial charge in [-0.3, -0.25) is 0 Å². The highest BCUT2D eigenvalue weighted by atomic mass is 14.6. The Bertz CT molecular complexity index is 86.7. The third-order valence-corrected chi connectivity index (χ3v) is 1.63. The van der Waals surface area contributed by atoms with Crippen LogP contribution in [0.1, 0.15) is 39.5 Å². The summed E-state index contributed by atoms with van der Waals surface area (Å²) in [6.45, 7) is 4.28. The van der Waals surface area contributed by atoms with Crippen molar-refractivity contribution in [3.05, 3.63) is 12.2 Å². The van der Waals surface area contributed by atoms with Crippen molar-refractivity contribution in [3.63, 3.8) is 0 Å². The van der Waals surface area contributed by atoms with E-state index in [0.717, 1.165) is 25.7 Å². The summed E-state index contributed by atoms with van der Waals surface area (Å²) in [5, 5.41) is 0. The van der Waals surface area contributed by atoms with Crippen molar-refractivity contribution in [1.29, 1.82) is 0 Å². The maximum Gasteiger partial charge on any atom is 0.00391 e. The van der Waals surface area contributed by atoms with E-state index < -0.39 is 0 Å². The quantitative estimate of drug-likeness (QED) is 0.585. The minimum Gasteiger partial charge on any atom is -0.328 e. The Hall–Kier alpha value is -0.300.